The zero-order valence-electron chi connectivity index (χ0n) is 15.6. The van der Waals surface area contributed by atoms with Crippen LogP contribution < -0.4 is 15.0 Å². The van der Waals surface area contributed by atoms with Gasteiger partial charge in [-0.25, -0.2) is 0 Å². The van der Waals surface area contributed by atoms with E-state index < -0.39 is 6.61 Å². The number of hydrogen-bond donors (Lipinski definition) is 2. The van der Waals surface area contributed by atoms with Gasteiger partial charge in [0.15, 0.2) is 6.54 Å². The van der Waals surface area contributed by atoms with Crippen molar-refractivity contribution >= 4 is 22.2 Å². The molecule has 1 aromatic carbocycles. The molecule has 0 radical (unpaired) electrons. The molecule has 1 unspecified atom stereocenters. The molecule has 28 heavy (non-hydrogen) atoms. The maximum atomic E-state index is 12.4. The number of nitriles is 1. The van der Waals surface area contributed by atoms with E-state index in [1.165, 1.54) is 28.3 Å². The Morgan fingerprint density at radius 1 is 1.32 bits per heavy atom. The molecule has 0 fully saturated rings. The highest BCUT2D eigenvalue weighted by atomic mass is 32.1. The third-order valence-corrected chi connectivity index (χ3v) is 5.86. The average Bonchev–Trinajstić information content (AvgIpc) is 2.99. The Bertz CT molecular complexity index is 875. The second kappa shape index (κ2) is 9.13. The van der Waals surface area contributed by atoms with Gasteiger partial charge >= 0.3 is 6.61 Å². The first kappa shape index (κ1) is 20.2. The smallest absolute Gasteiger partial charge is 0.387 e. The van der Waals surface area contributed by atoms with Crippen molar-refractivity contribution in [1.29, 1.82) is 5.26 Å². The van der Waals surface area contributed by atoms with Crippen molar-refractivity contribution in [2.45, 2.75) is 38.8 Å². The second-order valence-corrected chi connectivity index (χ2v) is 8.01. The van der Waals surface area contributed by atoms with Crippen molar-refractivity contribution in [1.82, 2.24) is 0 Å². The van der Waals surface area contributed by atoms with Gasteiger partial charge in [0.25, 0.3) is 5.91 Å². The first-order valence-corrected chi connectivity index (χ1v) is 9.97. The van der Waals surface area contributed by atoms with Gasteiger partial charge in [0.05, 0.1) is 12.6 Å². The van der Waals surface area contributed by atoms with Gasteiger partial charge < -0.3 is 15.0 Å². The predicted molar refractivity (Wildman–Crippen MR) is 103 cm³/mol. The fourth-order valence-electron chi connectivity index (χ4n) is 3.42. The summed E-state index contributed by atoms with van der Waals surface area (Å²) >= 11 is 1.51. The lowest BCUT2D eigenvalue weighted by Crippen LogP contribution is -3.08. The van der Waals surface area contributed by atoms with E-state index in [4.69, 9.17) is 0 Å². The molecule has 0 aliphatic heterocycles. The van der Waals surface area contributed by atoms with E-state index in [9.17, 15) is 18.8 Å². The summed E-state index contributed by atoms with van der Waals surface area (Å²) in [6.45, 7) is -2.04. The van der Waals surface area contributed by atoms with E-state index in [2.05, 4.69) is 16.1 Å². The molecule has 1 heterocycles. The molecule has 1 aromatic heterocycles. The number of carbonyl (C=O) groups is 1. The van der Waals surface area contributed by atoms with Crippen LogP contribution >= 0.6 is 11.3 Å². The van der Waals surface area contributed by atoms with Gasteiger partial charge in [-0.05, 0) is 55.5 Å². The molecule has 1 aliphatic rings. The summed E-state index contributed by atoms with van der Waals surface area (Å²) in [7, 11) is 1.88. The largest absolute Gasteiger partial charge is 0.435 e. The summed E-state index contributed by atoms with van der Waals surface area (Å²) in [6.07, 6.45) is 4.08. The molecular formula is C20H22F2N3O2S+. The van der Waals surface area contributed by atoms with Gasteiger partial charge in [-0.1, -0.05) is 0 Å². The van der Waals surface area contributed by atoms with Crippen molar-refractivity contribution in [3.8, 4) is 11.8 Å². The van der Waals surface area contributed by atoms with Crippen molar-refractivity contribution in [2.24, 2.45) is 0 Å². The van der Waals surface area contributed by atoms with E-state index in [1.54, 1.807) is 12.1 Å². The summed E-state index contributed by atoms with van der Waals surface area (Å²) in [6, 6.07) is 8.64. The van der Waals surface area contributed by atoms with Crippen molar-refractivity contribution in [3.63, 3.8) is 0 Å². The predicted octanol–water partition coefficient (Wildman–Crippen LogP) is 2.75. The Morgan fingerprint density at radius 3 is 2.71 bits per heavy atom. The Hall–Kier alpha value is -2.50. The first-order chi connectivity index (χ1) is 13.5. The van der Waals surface area contributed by atoms with Crippen LogP contribution in [0, 0.1) is 11.3 Å². The summed E-state index contributed by atoms with van der Waals surface area (Å²) < 4.78 is 28.7. The number of carbonyl (C=O) groups excluding carboxylic acids is 1. The van der Waals surface area contributed by atoms with Crippen molar-refractivity contribution in [3.05, 3.63) is 45.8 Å². The number of amides is 1. The van der Waals surface area contributed by atoms with Gasteiger partial charge in [-0.2, -0.15) is 14.0 Å². The van der Waals surface area contributed by atoms with E-state index in [0.717, 1.165) is 41.7 Å². The van der Waals surface area contributed by atoms with Gasteiger partial charge in [0, 0.05) is 10.4 Å². The molecule has 8 heteroatoms. The zero-order valence-corrected chi connectivity index (χ0v) is 16.4. The summed E-state index contributed by atoms with van der Waals surface area (Å²) in [5.41, 5.74) is 2.62. The van der Waals surface area contributed by atoms with E-state index in [-0.39, 0.29) is 18.2 Å². The van der Waals surface area contributed by atoms with Crippen LogP contribution in [0.3, 0.4) is 0 Å². The summed E-state index contributed by atoms with van der Waals surface area (Å²) in [4.78, 5) is 14.6. The van der Waals surface area contributed by atoms with Crippen LogP contribution in [0.25, 0.3) is 0 Å². The number of quaternary nitrogens is 1. The average molecular weight is 406 g/mol. The molecular weight excluding hydrogens is 384 g/mol. The molecule has 148 valence electrons. The van der Waals surface area contributed by atoms with Gasteiger partial charge in [0.2, 0.25) is 0 Å². The maximum Gasteiger partial charge on any atom is 0.387 e. The van der Waals surface area contributed by atoms with Crippen LogP contribution in [-0.2, 0) is 24.2 Å². The second-order valence-electron chi connectivity index (χ2n) is 6.91. The number of alkyl halides is 2. The Kier molecular flexibility index (Phi) is 6.60. The quantitative estimate of drug-likeness (QED) is 0.743. The third kappa shape index (κ3) is 5.06. The highest BCUT2D eigenvalue weighted by Crippen LogP contribution is 2.37. The van der Waals surface area contributed by atoms with Gasteiger partial charge in [0.1, 0.15) is 23.4 Å². The molecule has 1 aliphatic carbocycles. The number of nitrogens with one attached hydrogen (secondary N) is 2. The summed E-state index contributed by atoms with van der Waals surface area (Å²) in [5, 5.41) is 13.0. The lowest BCUT2D eigenvalue weighted by atomic mass is 9.96. The molecule has 1 amide bonds. The highest BCUT2D eigenvalue weighted by molar-refractivity contribution is 7.16. The molecule has 5 nitrogen and oxygen atoms in total. The van der Waals surface area contributed by atoms with Crippen LogP contribution in [0.4, 0.5) is 13.8 Å². The van der Waals surface area contributed by atoms with E-state index in [0.29, 0.717) is 17.1 Å². The molecule has 0 saturated carbocycles. The normalized spacial score (nSPS) is 14.2. The standard InChI is InChI=1S/C20H21F2N3O2S/c1-25(11-13-6-8-14(9-7-13)27-20(21)22)12-18(26)24-19-16(10-23)15-4-2-3-5-17(15)28-19/h6-9,20H,2-5,11-12H2,1H3,(H,24,26)/p+1. The minimum atomic E-state index is -2.84. The van der Waals surface area contributed by atoms with Crippen LogP contribution in [-0.4, -0.2) is 26.1 Å². The molecule has 3 rings (SSSR count). The van der Waals surface area contributed by atoms with Crippen LogP contribution in [0.5, 0.6) is 5.75 Å². The Balaban J connectivity index is 1.56. The highest BCUT2D eigenvalue weighted by Gasteiger charge is 2.22. The number of anilines is 1. The lowest BCUT2D eigenvalue weighted by molar-refractivity contribution is -0.885. The topological polar surface area (TPSA) is 66.6 Å². The number of ether oxygens (including phenoxy) is 1. The minimum Gasteiger partial charge on any atom is -0.435 e. The van der Waals surface area contributed by atoms with Crippen molar-refractivity contribution in [2.75, 3.05) is 18.9 Å². The summed E-state index contributed by atoms with van der Waals surface area (Å²) in [5.74, 6) is -0.0370. The molecule has 0 spiro atoms. The number of halogens is 2. The van der Waals surface area contributed by atoms with E-state index >= 15 is 0 Å². The first-order valence-electron chi connectivity index (χ1n) is 9.15. The van der Waals surface area contributed by atoms with Gasteiger partial charge in [-0.15, -0.1) is 11.3 Å². The molecule has 2 N–H and O–H groups in total. The van der Waals surface area contributed by atoms with Crippen molar-refractivity contribution < 1.29 is 23.2 Å². The lowest BCUT2D eigenvalue weighted by Gasteiger charge is -2.14. The zero-order chi connectivity index (χ0) is 20.1. The number of likely N-dealkylation sites (N-methyl/N-ethyl adjacent to an activating group) is 1. The number of fused-ring (bicyclic) bond motifs is 1. The van der Waals surface area contributed by atoms with E-state index in [1.807, 2.05) is 7.05 Å². The third-order valence-electron chi connectivity index (χ3n) is 4.65. The Morgan fingerprint density at radius 2 is 2.04 bits per heavy atom. The number of benzene rings is 1. The van der Waals surface area contributed by atoms with Crippen LogP contribution in [0.1, 0.15) is 34.4 Å². The molecule has 2 aromatic rings. The maximum absolute atomic E-state index is 12.4. The number of rotatable bonds is 7. The number of nitrogens with zero attached hydrogens (tertiary/aromatic N) is 1. The number of hydrogen-bond acceptors (Lipinski definition) is 4. The monoisotopic (exact) mass is 406 g/mol. The fourth-order valence-corrected chi connectivity index (χ4v) is 4.67. The number of thiophene rings is 1. The molecule has 0 bridgehead atoms. The molecule has 0 saturated heterocycles. The molecule has 1 atom stereocenters. The SMILES string of the molecule is C[NH+](CC(=O)Nc1sc2c(c1C#N)CCCC2)Cc1ccc(OC(F)F)cc1. The van der Waals surface area contributed by atoms with Crippen LogP contribution in [0.2, 0.25) is 0 Å². The fraction of sp³-hybridized carbons (Fsp3) is 0.400. The Labute approximate surface area is 166 Å². The minimum absolute atomic E-state index is 0.111. The number of aryl methyl sites for hydroxylation is 1. The van der Waals surface area contributed by atoms with Gasteiger partial charge in [-0.3, -0.25) is 4.79 Å². The van der Waals surface area contributed by atoms with Crippen LogP contribution in [0.15, 0.2) is 24.3 Å².